The Morgan fingerprint density at radius 1 is 1.12 bits per heavy atom. The van der Waals surface area contributed by atoms with E-state index in [1.165, 1.54) is 0 Å². The van der Waals surface area contributed by atoms with E-state index in [0.29, 0.717) is 23.0 Å². The Bertz CT molecular complexity index is 1030. The summed E-state index contributed by atoms with van der Waals surface area (Å²) in [4.78, 5) is 4.54. The molecule has 24 heavy (non-hydrogen) atoms. The Morgan fingerprint density at radius 3 is 2.71 bits per heavy atom. The number of para-hydroxylation sites is 1. The average molecular weight is 320 g/mol. The molecule has 2 N–H and O–H groups in total. The molecule has 4 rings (SSSR count). The number of furan rings is 1. The van der Waals surface area contributed by atoms with Crippen molar-refractivity contribution in [2.45, 2.75) is 6.92 Å². The number of hydrogen-bond acceptors (Lipinski definition) is 5. The van der Waals surface area contributed by atoms with Gasteiger partial charge in [0, 0.05) is 5.56 Å². The Balaban J connectivity index is 1.88. The monoisotopic (exact) mass is 320 g/mol. The number of nitrogens with zero attached hydrogens (tertiary/aromatic N) is 3. The molecule has 1 aromatic carbocycles. The Morgan fingerprint density at radius 2 is 1.96 bits per heavy atom. The SMILES string of the molecule is COc1ccccc1-c1cc(N)n2nc(-c3ccc(C)o3)nc2c1. The number of fused-ring (bicyclic) bond motifs is 1. The largest absolute Gasteiger partial charge is 0.496 e. The van der Waals surface area contributed by atoms with E-state index in [4.69, 9.17) is 14.9 Å². The number of rotatable bonds is 3. The Hall–Kier alpha value is -3.28. The van der Waals surface area contributed by atoms with Crippen LogP contribution in [0.5, 0.6) is 5.75 Å². The minimum absolute atomic E-state index is 0.496. The standard InChI is InChI=1S/C18H16N4O2/c1-11-7-8-15(24-11)18-20-17-10-12(9-16(19)22(17)21-18)13-5-3-4-6-14(13)23-2/h3-10H,19H2,1-2H3. The van der Waals surface area contributed by atoms with Gasteiger partial charge in [-0.25, -0.2) is 4.98 Å². The van der Waals surface area contributed by atoms with Crippen molar-refractivity contribution >= 4 is 11.5 Å². The van der Waals surface area contributed by atoms with E-state index >= 15 is 0 Å². The lowest BCUT2D eigenvalue weighted by molar-refractivity contribution is 0.416. The molecule has 3 heterocycles. The molecule has 6 heteroatoms. The summed E-state index contributed by atoms with van der Waals surface area (Å²) in [5.41, 5.74) is 8.70. The van der Waals surface area contributed by atoms with Crippen molar-refractivity contribution in [3.05, 3.63) is 54.3 Å². The highest BCUT2D eigenvalue weighted by Gasteiger charge is 2.14. The molecular formula is C18H16N4O2. The smallest absolute Gasteiger partial charge is 0.217 e. The van der Waals surface area contributed by atoms with Crippen LogP contribution in [-0.2, 0) is 0 Å². The first-order chi connectivity index (χ1) is 11.7. The predicted octanol–water partition coefficient (Wildman–Crippen LogP) is 3.56. The zero-order valence-corrected chi connectivity index (χ0v) is 13.4. The fraction of sp³-hybridized carbons (Fsp3) is 0.111. The van der Waals surface area contributed by atoms with Crippen molar-refractivity contribution in [1.82, 2.24) is 14.6 Å². The maximum Gasteiger partial charge on any atom is 0.217 e. The fourth-order valence-electron chi connectivity index (χ4n) is 2.71. The highest BCUT2D eigenvalue weighted by Crippen LogP contribution is 2.32. The van der Waals surface area contributed by atoms with Gasteiger partial charge in [-0.3, -0.25) is 0 Å². The van der Waals surface area contributed by atoms with Crippen LogP contribution in [0.3, 0.4) is 0 Å². The predicted molar refractivity (Wildman–Crippen MR) is 91.8 cm³/mol. The lowest BCUT2D eigenvalue weighted by Gasteiger charge is -2.09. The molecule has 0 aliphatic carbocycles. The van der Waals surface area contributed by atoms with Gasteiger partial charge >= 0.3 is 0 Å². The number of aromatic nitrogens is 3. The van der Waals surface area contributed by atoms with Crippen molar-refractivity contribution < 1.29 is 9.15 Å². The minimum atomic E-state index is 0.496. The van der Waals surface area contributed by atoms with Crippen molar-refractivity contribution in [2.75, 3.05) is 12.8 Å². The Labute approximate surface area is 138 Å². The van der Waals surface area contributed by atoms with E-state index < -0.39 is 0 Å². The third kappa shape index (κ3) is 2.28. The van der Waals surface area contributed by atoms with E-state index in [1.54, 1.807) is 11.6 Å². The van der Waals surface area contributed by atoms with Crippen LogP contribution in [0.2, 0.25) is 0 Å². The molecule has 0 unspecified atom stereocenters. The van der Waals surface area contributed by atoms with Crippen LogP contribution in [0, 0.1) is 6.92 Å². The van der Waals surface area contributed by atoms with Crippen molar-refractivity contribution in [2.24, 2.45) is 0 Å². The van der Waals surface area contributed by atoms with Gasteiger partial charge in [0.15, 0.2) is 11.4 Å². The lowest BCUT2D eigenvalue weighted by Crippen LogP contribution is -1.99. The second-order valence-corrected chi connectivity index (χ2v) is 5.48. The third-order valence-corrected chi connectivity index (χ3v) is 3.84. The fourth-order valence-corrected chi connectivity index (χ4v) is 2.71. The summed E-state index contributed by atoms with van der Waals surface area (Å²) in [5.74, 6) is 3.21. The number of aryl methyl sites for hydroxylation is 1. The number of nitrogen functional groups attached to an aromatic ring is 1. The molecule has 0 radical (unpaired) electrons. The third-order valence-electron chi connectivity index (χ3n) is 3.84. The molecule has 0 aliphatic rings. The summed E-state index contributed by atoms with van der Waals surface area (Å²) in [6, 6.07) is 15.3. The van der Waals surface area contributed by atoms with Crippen LogP contribution in [0.15, 0.2) is 52.9 Å². The highest BCUT2D eigenvalue weighted by molar-refractivity contribution is 5.76. The van der Waals surface area contributed by atoms with Crippen molar-refractivity contribution in [3.8, 4) is 28.5 Å². The molecule has 0 spiro atoms. The zero-order chi connectivity index (χ0) is 16.7. The van der Waals surface area contributed by atoms with Gasteiger partial charge in [-0.1, -0.05) is 18.2 Å². The van der Waals surface area contributed by atoms with E-state index in [0.717, 1.165) is 22.6 Å². The molecule has 4 aromatic rings. The van der Waals surface area contributed by atoms with E-state index in [2.05, 4.69) is 10.1 Å². The van der Waals surface area contributed by atoms with E-state index in [1.807, 2.05) is 55.5 Å². The van der Waals surface area contributed by atoms with Gasteiger partial charge in [-0.2, -0.15) is 4.52 Å². The second-order valence-electron chi connectivity index (χ2n) is 5.48. The molecule has 0 saturated heterocycles. The van der Waals surface area contributed by atoms with Gasteiger partial charge < -0.3 is 14.9 Å². The van der Waals surface area contributed by atoms with Crippen LogP contribution in [0.25, 0.3) is 28.4 Å². The number of benzene rings is 1. The normalized spacial score (nSPS) is 11.1. The number of ether oxygens (including phenoxy) is 1. The summed E-state index contributed by atoms with van der Waals surface area (Å²) in [5, 5.41) is 4.43. The van der Waals surface area contributed by atoms with Crippen LogP contribution < -0.4 is 10.5 Å². The van der Waals surface area contributed by atoms with Crippen LogP contribution in [-0.4, -0.2) is 21.7 Å². The molecule has 0 aliphatic heterocycles. The molecule has 6 nitrogen and oxygen atoms in total. The molecule has 120 valence electrons. The summed E-state index contributed by atoms with van der Waals surface area (Å²) in [6.07, 6.45) is 0. The molecule has 0 amide bonds. The van der Waals surface area contributed by atoms with Crippen molar-refractivity contribution in [1.29, 1.82) is 0 Å². The lowest BCUT2D eigenvalue weighted by atomic mass is 10.1. The summed E-state index contributed by atoms with van der Waals surface area (Å²) in [6.45, 7) is 1.88. The zero-order valence-electron chi connectivity index (χ0n) is 13.4. The van der Waals surface area contributed by atoms with Crippen LogP contribution >= 0.6 is 0 Å². The van der Waals surface area contributed by atoms with Gasteiger partial charge in [0.1, 0.15) is 17.3 Å². The van der Waals surface area contributed by atoms with Crippen LogP contribution in [0.4, 0.5) is 5.82 Å². The van der Waals surface area contributed by atoms with Gasteiger partial charge in [-0.15, -0.1) is 5.10 Å². The first kappa shape index (κ1) is 14.3. The maximum atomic E-state index is 6.17. The number of pyridine rings is 1. The quantitative estimate of drug-likeness (QED) is 0.624. The number of anilines is 1. The highest BCUT2D eigenvalue weighted by atomic mass is 16.5. The molecule has 0 saturated carbocycles. The number of hydrogen-bond donors (Lipinski definition) is 1. The second kappa shape index (κ2) is 5.42. The Kier molecular flexibility index (Phi) is 3.23. The summed E-state index contributed by atoms with van der Waals surface area (Å²) in [7, 11) is 1.65. The number of methoxy groups -OCH3 is 1. The van der Waals surface area contributed by atoms with Gasteiger partial charge in [0.2, 0.25) is 5.82 Å². The number of nitrogens with two attached hydrogens (primary N) is 1. The van der Waals surface area contributed by atoms with E-state index in [-0.39, 0.29) is 0 Å². The summed E-state index contributed by atoms with van der Waals surface area (Å²) >= 11 is 0. The average Bonchev–Trinajstić information content (AvgIpc) is 3.21. The molecule has 0 atom stereocenters. The molecule has 3 aromatic heterocycles. The molecule has 0 fully saturated rings. The van der Waals surface area contributed by atoms with Gasteiger partial charge in [0.25, 0.3) is 0 Å². The molecule has 0 bridgehead atoms. The van der Waals surface area contributed by atoms with Crippen molar-refractivity contribution in [3.63, 3.8) is 0 Å². The maximum absolute atomic E-state index is 6.17. The van der Waals surface area contributed by atoms with Gasteiger partial charge in [-0.05, 0) is 42.8 Å². The topological polar surface area (TPSA) is 78.6 Å². The molecular weight excluding hydrogens is 304 g/mol. The van der Waals surface area contributed by atoms with Gasteiger partial charge in [0.05, 0.1) is 7.11 Å². The van der Waals surface area contributed by atoms with E-state index in [9.17, 15) is 0 Å². The minimum Gasteiger partial charge on any atom is -0.496 e. The summed E-state index contributed by atoms with van der Waals surface area (Å²) < 4.78 is 12.6. The first-order valence-corrected chi connectivity index (χ1v) is 7.52. The first-order valence-electron chi connectivity index (χ1n) is 7.52. The van der Waals surface area contributed by atoms with Crippen LogP contribution in [0.1, 0.15) is 5.76 Å².